The van der Waals surface area contributed by atoms with Crippen LogP contribution in [0.15, 0.2) is 82.8 Å². The van der Waals surface area contributed by atoms with Crippen LogP contribution in [0, 0.1) is 0 Å². The molecule has 0 spiro atoms. The van der Waals surface area contributed by atoms with Crippen LogP contribution in [-0.2, 0) is 9.59 Å². The Labute approximate surface area is 213 Å². The van der Waals surface area contributed by atoms with Gasteiger partial charge >= 0.3 is 0 Å². The van der Waals surface area contributed by atoms with Gasteiger partial charge in [-0.3, -0.25) is 14.5 Å². The molecule has 0 aromatic heterocycles. The Hall–Kier alpha value is -3.58. The number of ketones is 1. The molecule has 0 bridgehead atoms. The molecule has 180 valence electrons. The molecule has 1 saturated heterocycles. The molecule has 6 nitrogen and oxygen atoms in total. The summed E-state index contributed by atoms with van der Waals surface area (Å²) in [6, 6.07) is 20.8. The van der Waals surface area contributed by atoms with E-state index in [0.717, 1.165) is 10.2 Å². The van der Waals surface area contributed by atoms with Gasteiger partial charge in [-0.1, -0.05) is 40.2 Å². The quantitative estimate of drug-likeness (QED) is 0.241. The number of carbonyl (C=O) groups is 2. The van der Waals surface area contributed by atoms with Crippen LogP contribution in [0.5, 0.6) is 5.75 Å². The summed E-state index contributed by atoms with van der Waals surface area (Å²) in [5.74, 6) is -1.03. The van der Waals surface area contributed by atoms with Crippen molar-refractivity contribution in [1.82, 2.24) is 0 Å². The minimum atomic E-state index is -0.820. The first-order valence-corrected chi connectivity index (χ1v) is 12.1. The Morgan fingerprint density at radius 2 is 1.66 bits per heavy atom. The van der Waals surface area contributed by atoms with Crippen molar-refractivity contribution < 1.29 is 19.4 Å². The fraction of sp³-hybridized carbons (Fsp3) is 0.214. The number of hydrogen-bond donors (Lipinski definition) is 1. The summed E-state index contributed by atoms with van der Waals surface area (Å²) in [5.41, 5.74) is 2.68. The molecule has 0 saturated carbocycles. The monoisotopic (exact) mass is 534 g/mol. The lowest BCUT2D eigenvalue weighted by atomic mass is 9.95. The van der Waals surface area contributed by atoms with Crippen molar-refractivity contribution in [2.75, 3.05) is 23.9 Å². The van der Waals surface area contributed by atoms with E-state index in [1.54, 1.807) is 24.3 Å². The van der Waals surface area contributed by atoms with E-state index in [9.17, 15) is 14.7 Å². The van der Waals surface area contributed by atoms with Gasteiger partial charge in [0.05, 0.1) is 17.7 Å². The van der Waals surface area contributed by atoms with Gasteiger partial charge in [0.1, 0.15) is 11.5 Å². The maximum absolute atomic E-state index is 13.4. The summed E-state index contributed by atoms with van der Waals surface area (Å²) in [6.07, 6.45) is -0.0436. The van der Waals surface area contributed by atoms with Crippen molar-refractivity contribution in [2.24, 2.45) is 0 Å². The molecule has 1 unspecified atom stereocenters. The molecule has 7 heteroatoms. The highest BCUT2D eigenvalue weighted by molar-refractivity contribution is 9.10. The highest BCUT2D eigenvalue weighted by atomic mass is 79.9. The Morgan fingerprint density at radius 1 is 1.00 bits per heavy atom. The van der Waals surface area contributed by atoms with Gasteiger partial charge in [0.15, 0.2) is 0 Å². The fourth-order valence-electron chi connectivity index (χ4n) is 4.12. The molecular formula is C28H27BrN2O4. The number of carbonyl (C=O) groups excluding carboxylic acids is 2. The Balaban J connectivity index is 1.90. The Bertz CT molecular complexity index is 1280. The minimum Gasteiger partial charge on any atom is -0.507 e. The summed E-state index contributed by atoms with van der Waals surface area (Å²) < 4.78 is 6.71. The summed E-state index contributed by atoms with van der Waals surface area (Å²) in [6.45, 7) is 3.86. The standard InChI is InChI=1S/C28H27BrN2O4/c1-17(2)35-23-7-5-6-19(16-23)25-24(26(32)18-8-10-20(29)11-9-18)27(33)28(34)31(25)22-14-12-21(13-15-22)30(3)4/h5-17,25,32H,1-4H3/b26-24-. The smallest absolute Gasteiger partial charge is 0.300 e. The number of Topliss-reactive ketones (excluding diaryl/α,β-unsaturated/α-hetero) is 1. The van der Waals surface area contributed by atoms with E-state index in [1.165, 1.54) is 4.90 Å². The second-order valence-corrected chi connectivity index (χ2v) is 9.74. The number of aliphatic hydroxyl groups excluding tert-OH is 1. The lowest BCUT2D eigenvalue weighted by Crippen LogP contribution is -2.29. The van der Waals surface area contributed by atoms with Crippen molar-refractivity contribution in [3.8, 4) is 5.75 Å². The fourth-order valence-corrected chi connectivity index (χ4v) is 4.38. The molecular weight excluding hydrogens is 508 g/mol. The van der Waals surface area contributed by atoms with Crippen molar-refractivity contribution in [1.29, 1.82) is 0 Å². The topological polar surface area (TPSA) is 70.1 Å². The maximum Gasteiger partial charge on any atom is 0.300 e. The number of halogens is 1. The second-order valence-electron chi connectivity index (χ2n) is 8.83. The largest absolute Gasteiger partial charge is 0.507 e. The van der Waals surface area contributed by atoms with Crippen LogP contribution in [0.1, 0.15) is 31.0 Å². The van der Waals surface area contributed by atoms with Crippen LogP contribution in [0.4, 0.5) is 11.4 Å². The van der Waals surface area contributed by atoms with Crippen molar-refractivity contribution in [3.63, 3.8) is 0 Å². The van der Waals surface area contributed by atoms with E-state index in [4.69, 9.17) is 4.74 Å². The molecule has 1 amide bonds. The molecule has 1 heterocycles. The average molecular weight is 535 g/mol. The highest BCUT2D eigenvalue weighted by Gasteiger charge is 2.47. The van der Waals surface area contributed by atoms with Crippen molar-refractivity contribution >= 4 is 44.8 Å². The first-order valence-electron chi connectivity index (χ1n) is 11.3. The number of rotatable bonds is 6. The first-order chi connectivity index (χ1) is 16.7. The Morgan fingerprint density at radius 3 is 2.26 bits per heavy atom. The van der Waals surface area contributed by atoms with Gasteiger partial charge in [0, 0.05) is 35.5 Å². The summed E-state index contributed by atoms with van der Waals surface area (Å²) >= 11 is 3.39. The van der Waals surface area contributed by atoms with E-state index in [2.05, 4.69) is 15.9 Å². The first kappa shape index (κ1) is 24.5. The van der Waals surface area contributed by atoms with E-state index < -0.39 is 17.7 Å². The van der Waals surface area contributed by atoms with E-state index in [-0.39, 0.29) is 17.4 Å². The van der Waals surface area contributed by atoms with Gasteiger partial charge in [-0.2, -0.15) is 0 Å². The van der Waals surface area contributed by atoms with Crippen LogP contribution >= 0.6 is 15.9 Å². The number of ether oxygens (including phenoxy) is 1. The maximum atomic E-state index is 13.4. The minimum absolute atomic E-state index is 0.0377. The third-order valence-electron chi connectivity index (χ3n) is 5.75. The number of hydrogen-bond acceptors (Lipinski definition) is 5. The normalized spacial score (nSPS) is 17.2. The van der Waals surface area contributed by atoms with E-state index in [0.29, 0.717) is 22.6 Å². The van der Waals surface area contributed by atoms with Crippen LogP contribution in [0.3, 0.4) is 0 Å². The van der Waals surface area contributed by atoms with Gasteiger partial charge in [-0.15, -0.1) is 0 Å². The Kier molecular flexibility index (Phi) is 6.98. The zero-order chi connectivity index (χ0) is 25.3. The van der Waals surface area contributed by atoms with Crippen LogP contribution in [-0.4, -0.2) is 37.0 Å². The zero-order valence-corrected chi connectivity index (χ0v) is 21.6. The number of anilines is 2. The molecule has 3 aromatic rings. The SMILES string of the molecule is CC(C)Oc1cccc(C2/C(=C(/O)c3ccc(Br)cc3)C(=O)C(=O)N2c2ccc(N(C)C)cc2)c1. The van der Waals surface area contributed by atoms with Gasteiger partial charge in [0.2, 0.25) is 0 Å². The molecule has 1 aliphatic rings. The van der Waals surface area contributed by atoms with Gasteiger partial charge in [-0.05, 0) is 67.9 Å². The lowest BCUT2D eigenvalue weighted by Gasteiger charge is -2.26. The molecule has 1 fully saturated rings. The van der Waals surface area contributed by atoms with Gasteiger partial charge < -0.3 is 14.7 Å². The van der Waals surface area contributed by atoms with Gasteiger partial charge in [0.25, 0.3) is 11.7 Å². The van der Waals surface area contributed by atoms with Crippen molar-refractivity contribution in [3.05, 3.63) is 94.0 Å². The number of amides is 1. The average Bonchev–Trinajstić information content (AvgIpc) is 3.09. The predicted molar refractivity (Wildman–Crippen MR) is 142 cm³/mol. The predicted octanol–water partition coefficient (Wildman–Crippen LogP) is 5.93. The molecule has 0 aliphatic carbocycles. The van der Waals surface area contributed by atoms with Crippen molar-refractivity contribution in [2.45, 2.75) is 26.0 Å². The number of aliphatic hydroxyl groups is 1. The number of nitrogens with zero attached hydrogens (tertiary/aromatic N) is 2. The van der Waals surface area contributed by atoms with Crippen LogP contribution in [0.25, 0.3) is 5.76 Å². The van der Waals surface area contributed by atoms with Gasteiger partial charge in [-0.25, -0.2) is 0 Å². The highest BCUT2D eigenvalue weighted by Crippen LogP contribution is 2.43. The van der Waals surface area contributed by atoms with Crippen LogP contribution < -0.4 is 14.5 Å². The van der Waals surface area contributed by atoms with E-state index >= 15 is 0 Å². The molecule has 35 heavy (non-hydrogen) atoms. The molecule has 1 aliphatic heterocycles. The molecule has 1 atom stereocenters. The summed E-state index contributed by atoms with van der Waals surface area (Å²) in [5, 5.41) is 11.3. The molecule has 0 radical (unpaired) electrons. The molecule has 3 aromatic carbocycles. The summed E-state index contributed by atoms with van der Waals surface area (Å²) in [4.78, 5) is 30.1. The third kappa shape index (κ3) is 4.95. The molecule has 4 rings (SSSR count). The lowest BCUT2D eigenvalue weighted by molar-refractivity contribution is -0.132. The summed E-state index contributed by atoms with van der Waals surface area (Å²) in [7, 11) is 3.86. The number of benzene rings is 3. The zero-order valence-electron chi connectivity index (χ0n) is 20.0. The second kappa shape index (κ2) is 9.96. The van der Waals surface area contributed by atoms with Crippen LogP contribution in [0.2, 0.25) is 0 Å². The third-order valence-corrected chi connectivity index (χ3v) is 6.28. The van der Waals surface area contributed by atoms with E-state index in [1.807, 2.05) is 81.4 Å². The molecule has 1 N–H and O–H groups in total.